The van der Waals surface area contributed by atoms with Crippen LogP contribution in [0.2, 0.25) is 0 Å². The summed E-state index contributed by atoms with van der Waals surface area (Å²) in [6.45, 7) is 0. The van der Waals surface area contributed by atoms with Crippen LogP contribution >= 0.6 is 7.60 Å². The molecular weight excluding hydrogens is 283 g/mol. The lowest BCUT2D eigenvalue weighted by Gasteiger charge is -2.24. The Labute approximate surface area is 124 Å². The van der Waals surface area contributed by atoms with Crippen LogP contribution in [0.1, 0.15) is 12.0 Å². The lowest BCUT2D eigenvalue weighted by atomic mass is 9.90. The summed E-state index contributed by atoms with van der Waals surface area (Å²) < 4.78 is 23.9. The van der Waals surface area contributed by atoms with Crippen LogP contribution in [0.3, 0.4) is 0 Å². The van der Waals surface area contributed by atoms with E-state index in [1.807, 2.05) is 6.07 Å². The Balaban J connectivity index is 1.74. The first-order valence-electron chi connectivity index (χ1n) is 7.73. The van der Waals surface area contributed by atoms with Gasteiger partial charge in [-0.05, 0) is 53.1 Å². The van der Waals surface area contributed by atoms with Crippen molar-refractivity contribution in [3.63, 3.8) is 0 Å². The minimum Gasteiger partial charge on any atom is -0.309 e. The van der Waals surface area contributed by atoms with Crippen molar-refractivity contribution in [2.75, 3.05) is 14.2 Å². The largest absolute Gasteiger partial charge is 0.357 e. The predicted octanol–water partition coefficient (Wildman–Crippen LogP) is 4.03. The van der Waals surface area contributed by atoms with E-state index in [2.05, 4.69) is 24.3 Å². The average Bonchev–Trinajstić information content (AvgIpc) is 2.90. The zero-order valence-electron chi connectivity index (χ0n) is 12.2. The fourth-order valence-corrected chi connectivity index (χ4v) is 7.70. The van der Waals surface area contributed by atoms with Crippen LogP contribution in [-0.2, 0) is 13.6 Å². The molecule has 3 nitrogen and oxygen atoms in total. The molecule has 2 unspecified atom stereocenters. The highest BCUT2D eigenvalue weighted by Crippen LogP contribution is 2.87. The molecule has 0 saturated heterocycles. The molecule has 0 spiro atoms. The molecule has 6 rings (SSSR count). The van der Waals surface area contributed by atoms with E-state index in [4.69, 9.17) is 9.05 Å². The Bertz CT molecular complexity index is 687. The van der Waals surface area contributed by atoms with Crippen LogP contribution in [0, 0.1) is 35.5 Å². The van der Waals surface area contributed by atoms with Crippen LogP contribution in [0.15, 0.2) is 35.6 Å². The standard InChI is InChI=1S/C17H19O3P/c1-19-21(18,20-2)17-12(9-6-4-3-5-7-9)13-11-8-10-14(13)15(10)16(11)17/h3-7,10-11,13-16H,8H2,1-2H3/t10-,11+,13-,14?,15?,16-/m1/s1. The van der Waals surface area contributed by atoms with E-state index in [1.54, 1.807) is 0 Å². The maximum absolute atomic E-state index is 13.2. The first-order chi connectivity index (χ1) is 10.2. The predicted molar refractivity (Wildman–Crippen MR) is 80.5 cm³/mol. The van der Waals surface area contributed by atoms with Crippen molar-refractivity contribution in [1.29, 1.82) is 0 Å². The first kappa shape index (κ1) is 12.6. The van der Waals surface area contributed by atoms with Crippen molar-refractivity contribution >= 4 is 13.2 Å². The van der Waals surface area contributed by atoms with Crippen LogP contribution in [0.4, 0.5) is 0 Å². The van der Waals surface area contributed by atoms with E-state index in [0.29, 0.717) is 17.8 Å². The summed E-state index contributed by atoms with van der Waals surface area (Å²) in [5.41, 5.74) is 2.50. The Hall–Kier alpha value is -0.890. The Morgan fingerprint density at radius 2 is 1.67 bits per heavy atom. The molecule has 4 saturated carbocycles. The van der Waals surface area contributed by atoms with E-state index in [0.717, 1.165) is 23.1 Å². The molecule has 0 N–H and O–H groups in total. The molecule has 5 aliphatic rings. The van der Waals surface area contributed by atoms with Gasteiger partial charge in [0.15, 0.2) is 0 Å². The van der Waals surface area contributed by atoms with Gasteiger partial charge in [0.05, 0.1) is 0 Å². The maximum atomic E-state index is 13.2. The molecule has 6 atom stereocenters. The van der Waals surface area contributed by atoms with Gasteiger partial charge in [-0.2, -0.15) is 0 Å². The van der Waals surface area contributed by atoms with Crippen molar-refractivity contribution in [2.24, 2.45) is 35.5 Å². The van der Waals surface area contributed by atoms with Gasteiger partial charge in [-0.1, -0.05) is 30.3 Å². The zero-order chi connectivity index (χ0) is 14.4. The fraction of sp³-hybridized carbons (Fsp3) is 0.529. The van der Waals surface area contributed by atoms with Crippen molar-refractivity contribution < 1.29 is 13.6 Å². The Morgan fingerprint density at radius 3 is 2.29 bits per heavy atom. The van der Waals surface area contributed by atoms with Gasteiger partial charge in [0.2, 0.25) is 0 Å². The first-order valence-corrected chi connectivity index (χ1v) is 9.27. The third-order valence-electron chi connectivity index (χ3n) is 6.37. The van der Waals surface area contributed by atoms with Crippen LogP contribution < -0.4 is 0 Å². The molecule has 0 aliphatic heterocycles. The van der Waals surface area contributed by atoms with Crippen LogP contribution in [-0.4, -0.2) is 14.2 Å². The average molecular weight is 302 g/mol. The van der Waals surface area contributed by atoms with Gasteiger partial charge in [0, 0.05) is 19.5 Å². The van der Waals surface area contributed by atoms with E-state index in [-0.39, 0.29) is 0 Å². The summed E-state index contributed by atoms with van der Waals surface area (Å²) >= 11 is 0. The highest BCUT2D eigenvalue weighted by atomic mass is 31.2. The normalized spacial score (nSPS) is 42.0. The lowest BCUT2D eigenvalue weighted by Crippen LogP contribution is -2.08. The van der Waals surface area contributed by atoms with E-state index in [9.17, 15) is 4.57 Å². The molecule has 0 amide bonds. The van der Waals surface area contributed by atoms with Gasteiger partial charge in [-0.25, -0.2) is 0 Å². The van der Waals surface area contributed by atoms with Crippen molar-refractivity contribution in [3.05, 3.63) is 41.2 Å². The number of rotatable bonds is 4. The second kappa shape index (κ2) is 3.90. The summed E-state index contributed by atoms with van der Waals surface area (Å²) in [5, 5.41) is 1.01. The summed E-state index contributed by atoms with van der Waals surface area (Å²) in [7, 11) is -0.105. The van der Waals surface area contributed by atoms with Gasteiger partial charge in [0.25, 0.3) is 0 Å². The number of hydrogen-bond donors (Lipinski definition) is 0. The van der Waals surface area contributed by atoms with E-state index < -0.39 is 7.60 Å². The molecule has 4 fully saturated rings. The van der Waals surface area contributed by atoms with E-state index >= 15 is 0 Å². The maximum Gasteiger partial charge on any atom is 0.357 e. The molecule has 1 aromatic carbocycles. The smallest absolute Gasteiger partial charge is 0.309 e. The van der Waals surface area contributed by atoms with Gasteiger partial charge < -0.3 is 9.05 Å². The van der Waals surface area contributed by atoms with Crippen molar-refractivity contribution in [3.8, 4) is 0 Å². The lowest BCUT2D eigenvalue weighted by molar-refractivity contribution is 0.277. The van der Waals surface area contributed by atoms with Crippen molar-refractivity contribution in [1.82, 2.24) is 0 Å². The van der Waals surface area contributed by atoms with Gasteiger partial charge in [-0.15, -0.1) is 0 Å². The molecule has 0 heterocycles. The third kappa shape index (κ3) is 1.32. The Kier molecular flexibility index (Phi) is 2.34. The summed E-state index contributed by atoms with van der Waals surface area (Å²) in [4.78, 5) is 0. The highest BCUT2D eigenvalue weighted by Gasteiger charge is 2.79. The van der Waals surface area contributed by atoms with Gasteiger partial charge in [0.1, 0.15) is 0 Å². The summed E-state index contributed by atoms with van der Waals surface area (Å²) in [6, 6.07) is 10.4. The van der Waals surface area contributed by atoms with Gasteiger partial charge >= 0.3 is 7.60 Å². The summed E-state index contributed by atoms with van der Waals surface area (Å²) in [5.74, 6) is 4.23. The molecule has 21 heavy (non-hydrogen) atoms. The molecule has 1 aromatic rings. The number of hydrogen-bond acceptors (Lipinski definition) is 3. The monoisotopic (exact) mass is 302 g/mol. The second-order valence-corrected chi connectivity index (χ2v) is 9.00. The zero-order valence-corrected chi connectivity index (χ0v) is 13.1. The summed E-state index contributed by atoms with van der Waals surface area (Å²) in [6.07, 6.45) is 1.32. The van der Waals surface area contributed by atoms with Crippen LogP contribution in [0.5, 0.6) is 0 Å². The minimum absolute atomic E-state index is 0.450. The van der Waals surface area contributed by atoms with Crippen molar-refractivity contribution in [2.45, 2.75) is 6.42 Å². The molecule has 0 aromatic heterocycles. The van der Waals surface area contributed by atoms with E-state index in [1.165, 1.54) is 31.8 Å². The molecule has 0 radical (unpaired) electrons. The molecule has 5 aliphatic carbocycles. The molecule has 110 valence electrons. The highest BCUT2D eigenvalue weighted by molar-refractivity contribution is 7.58. The number of benzene rings is 1. The Morgan fingerprint density at radius 1 is 1.00 bits per heavy atom. The molecule has 4 heteroatoms. The quantitative estimate of drug-likeness (QED) is 0.788. The van der Waals surface area contributed by atoms with Gasteiger partial charge in [-0.3, -0.25) is 4.57 Å². The molecular formula is C17H19O3P. The topological polar surface area (TPSA) is 35.5 Å². The molecule has 6 bridgehead atoms. The minimum atomic E-state index is -3.13. The second-order valence-electron chi connectivity index (χ2n) is 6.80. The number of allylic oxidation sites excluding steroid dienone is 2. The third-order valence-corrected chi connectivity index (χ3v) is 8.46. The van der Waals surface area contributed by atoms with Crippen LogP contribution in [0.25, 0.3) is 5.57 Å². The SMILES string of the molecule is COP(=O)(OC)C1=C(c2ccccc2)[C@@H]2C3C4[C@@H]3C[C@@H]2[C@@H]14. The fourth-order valence-electron chi connectivity index (χ4n) is 5.86.